The Bertz CT molecular complexity index is 1160. The van der Waals surface area contributed by atoms with Crippen molar-refractivity contribution in [3.8, 4) is 16.9 Å². The zero-order chi connectivity index (χ0) is 22.8. The summed E-state index contributed by atoms with van der Waals surface area (Å²) in [5, 5.41) is 15.5. The molecule has 1 amide bonds. The van der Waals surface area contributed by atoms with E-state index in [9.17, 15) is 27.2 Å². The van der Waals surface area contributed by atoms with Gasteiger partial charge in [0.2, 0.25) is 0 Å². The van der Waals surface area contributed by atoms with Crippen LogP contribution >= 0.6 is 11.6 Å². The number of benzene rings is 2. The van der Waals surface area contributed by atoms with Gasteiger partial charge < -0.3 is 10.4 Å². The molecule has 0 aliphatic heterocycles. The smallest absolute Gasteiger partial charge is 0.382 e. The number of halogens is 5. The Labute approximate surface area is 177 Å². The van der Waals surface area contributed by atoms with Crippen LogP contribution in [-0.4, -0.2) is 39.6 Å². The molecule has 0 bridgehead atoms. The highest BCUT2D eigenvalue weighted by atomic mass is 35.5. The molecule has 1 heterocycles. The van der Waals surface area contributed by atoms with E-state index in [2.05, 4.69) is 5.10 Å². The molecule has 162 valence electrons. The van der Waals surface area contributed by atoms with Crippen molar-refractivity contribution >= 4 is 17.5 Å². The van der Waals surface area contributed by atoms with Gasteiger partial charge in [0.05, 0.1) is 17.9 Å². The van der Waals surface area contributed by atoms with Crippen LogP contribution < -0.4 is 10.9 Å². The number of carbonyl (C=O) groups is 1. The maximum Gasteiger partial charge on any atom is 0.416 e. The summed E-state index contributed by atoms with van der Waals surface area (Å²) >= 11 is 5.86. The van der Waals surface area contributed by atoms with E-state index in [1.807, 2.05) is 5.32 Å². The molecule has 0 spiro atoms. The molecule has 0 radical (unpaired) electrons. The summed E-state index contributed by atoms with van der Waals surface area (Å²) in [6.07, 6.45) is -7.75. The average Bonchev–Trinajstić information content (AvgIpc) is 2.72. The number of rotatable bonds is 5. The lowest BCUT2D eigenvalue weighted by atomic mass is 10.1. The normalized spacial score (nSPS) is 12.5. The van der Waals surface area contributed by atoms with Crippen LogP contribution in [0.5, 0.6) is 0 Å². The van der Waals surface area contributed by atoms with Gasteiger partial charge in [-0.05, 0) is 36.4 Å². The largest absolute Gasteiger partial charge is 0.416 e. The van der Waals surface area contributed by atoms with E-state index in [-0.39, 0.29) is 11.4 Å². The Morgan fingerprint density at radius 3 is 2.45 bits per heavy atom. The molecule has 11 heteroatoms. The van der Waals surface area contributed by atoms with Gasteiger partial charge in [-0.2, -0.15) is 23.0 Å². The summed E-state index contributed by atoms with van der Waals surface area (Å²) in [4.78, 5) is 25.3. The minimum Gasteiger partial charge on any atom is -0.382 e. The standard InChI is InChI=1S/C20H14ClF4N3O3/c21-12-6-4-11(5-7-12)16-9-15(18(30)26-10-17(29)20(23,24)25)19(31)28(27-16)14-3-1-2-13(22)8-14/h1-9,17,29H,10H2,(H,26,30)/t17-/m0/s1. The highest BCUT2D eigenvalue weighted by Gasteiger charge is 2.38. The van der Waals surface area contributed by atoms with Crippen molar-refractivity contribution in [1.82, 2.24) is 15.1 Å². The van der Waals surface area contributed by atoms with Crippen molar-refractivity contribution in [3.05, 3.63) is 81.4 Å². The zero-order valence-electron chi connectivity index (χ0n) is 15.5. The summed E-state index contributed by atoms with van der Waals surface area (Å²) in [6.45, 7) is -1.15. The Hall–Kier alpha value is -3.24. The minimum absolute atomic E-state index is 0.00481. The third-order valence-electron chi connectivity index (χ3n) is 4.18. The summed E-state index contributed by atoms with van der Waals surface area (Å²) in [6, 6.07) is 12.1. The molecule has 3 rings (SSSR count). The predicted molar refractivity (Wildman–Crippen MR) is 105 cm³/mol. The fourth-order valence-electron chi connectivity index (χ4n) is 2.60. The second-order valence-corrected chi connectivity index (χ2v) is 6.85. The summed E-state index contributed by atoms with van der Waals surface area (Å²) in [5.74, 6) is -1.82. The lowest BCUT2D eigenvalue weighted by Gasteiger charge is -2.15. The number of aromatic nitrogens is 2. The van der Waals surface area contributed by atoms with Crippen LogP contribution in [0, 0.1) is 5.82 Å². The second kappa shape index (κ2) is 8.86. The quantitative estimate of drug-likeness (QED) is 0.578. The van der Waals surface area contributed by atoms with E-state index in [0.717, 1.165) is 22.9 Å². The highest BCUT2D eigenvalue weighted by molar-refractivity contribution is 6.30. The van der Waals surface area contributed by atoms with Crippen LogP contribution in [0.15, 0.2) is 59.4 Å². The molecule has 0 saturated heterocycles. The lowest BCUT2D eigenvalue weighted by Crippen LogP contribution is -2.42. The monoisotopic (exact) mass is 455 g/mol. The van der Waals surface area contributed by atoms with Crippen molar-refractivity contribution in [2.24, 2.45) is 0 Å². The van der Waals surface area contributed by atoms with Crippen molar-refractivity contribution in [2.45, 2.75) is 12.3 Å². The van der Waals surface area contributed by atoms with Gasteiger partial charge in [-0.3, -0.25) is 9.59 Å². The number of amides is 1. The number of hydrogen-bond donors (Lipinski definition) is 2. The molecule has 0 fully saturated rings. The zero-order valence-corrected chi connectivity index (χ0v) is 16.3. The van der Waals surface area contributed by atoms with Crippen LogP contribution in [-0.2, 0) is 0 Å². The van der Waals surface area contributed by atoms with Gasteiger partial charge in [-0.25, -0.2) is 4.39 Å². The third kappa shape index (κ3) is 5.28. The van der Waals surface area contributed by atoms with Crippen molar-refractivity contribution < 1.29 is 27.5 Å². The Balaban J connectivity index is 2.08. The molecule has 2 N–H and O–H groups in total. The maximum atomic E-state index is 13.7. The number of alkyl halides is 3. The molecule has 0 unspecified atom stereocenters. The Kier molecular flexibility index (Phi) is 6.42. The first kappa shape index (κ1) is 22.4. The highest BCUT2D eigenvalue weighted by Crippen LogP contribution is 2.21. The number of nitrogens with one attached hydrogen (secondary N) is 1. The van der Waals surface area contributed by atoms with E-state index in [0.29, 0.717) is 10.6 Å². The fraction of sp³-hybridized carbons (Fsp3) is 0.150. The summed E-state index contributed by atoms with van der Waals surface area (Å²) in [7, 11) is 0. The molecule has 3 aromatic rings. The van der Waals surface area contributed by atoms with E-state index in [4.69, 9.17) is 16.7 Å². The molecular weight excluding hydrogens is 442 g/mol. The summed E-state index contributed by atoms with van der Waals surface area (Å²) < 4.78 is 51.9. The van der Waals surface area contributed by atoms with Gasteiger partial charge >= 0.3 is 6.18 Å². The Morgan fingerprint density at radius 2 is 1.84 bits per heavy atom. The molecular formula is C20H14ClF4N3O3. The van der Waals surface area contributed by atoms with Gasteiger partial charge in [-0.1, -0.05) is 29.8 Å². The molecule has 31 heavy (non-hydrogen) atoms. The maximum absolute atomic E-state index is 13.7. The first-order valence-electron chi connectivity index (χ1n) is 8.75. The van der Waals surface area contributed by atoms with E-state index in [1.165, 1.54) is 24.3 Å². The Morgan fingerprint density at radius 1 is 1.16 bits per heavy atom. The van der Waals surface area contributed by atoms with E-state index >= 15 is 0 Å². The van der Waals surface area contributed by atoms with Crippen LogP contribution in [0.1, 0.15) is 10.4 Å². The summed E-state index contributed by atoms with van der Waals surface area (Å²) in [5.41, 5.74) is -0.966. The number of carbonyl (C=O) groups excluding carboxylic acids is 1. The first-order valence-corrected chi connectivity index (χ1v) is 9.13. The van der Waals surface area contributed by atoms with Gasteiger partial charge in [0, 0.05) is 10.6 Å². The van der Waals surface area contributed by atoms with Crippen molar-refractivity contribution in [3.63, 3.8) is 0 Å². The van der Waals surface area contributed by atoms with E-state index in [1.54, 1.807) is 12.1 Å². The first-order chi connectivity index (χ1) is 14.6. The van der Waals surface area contributed by atoms with Crippen LogP contribution in [0.3, 0.4) is 0 Å². The molecule has 0 saturated carbocycles. The topological polar surface area (TPSA) is 84.2 Å². The van der Waals surface area contributed by atoms with Gasteiger partial charge in [-0.15, -0.1) is 0 Å². The van der Waals surface area contributed by atoms with Crippen LogP contribution in [0.2, 0.25) is 5.02 Å². The number of aliphatic hydroxyl groups is 1. The number of hydrogen-bond acceptors (Lipinski definition) is 4. The number of aliphatic hydroxyl groups excluding tert-OH is 1. The molecule has 1 atom stereocenters. The van der Waals surface area contributed by atoms with Crippen molar-refractivity contribution in [1.29, 1.82) is 0 Å². The SMILES string of the molecule is O=C(NC[C@H](O)C(F)(F)F)c1cc(-c2ccc(Cl)cc2)nn(-c2cccc(F)c2)c1=O. The average molecular weight is 456 g/mol. The van der Waals surface area contributed by atoms with Crippen LogP contribution in [0.4, 0.5) is 17.6 Å². The van der Waals surface area contributed by atoms with Gasteiger partial charge in [0.15, 0.2) is 6.10 Å². The van der Waals surface area contributed by atoms with Crippen molar-refractivity contribution in [2.75, 3.05) is 6.54 Å². The molecule has 0 aliphatic carbocycles. The molecule has 2 aromatic carbocycles. The predicted octanol–water partition coefficient (Wildman–Crippen LogP) is 3.35. The second-order valence-electron chi connectivity index (χ2n) is 6.41. The number of nitrogens with zero attached hydrogens (tertiary/aromatic N) is 2. The molecule has 6 nitrogen and oxygen atoms in total. The van der Waals surface area contributed by atoms with Gasteiger partial charge in [0.1, 0.15) is 11.4 Å². The van der Waals surface area contributed by atoms with E-state index < -0.39 is 41.7 Å². The lowest BCUT2D eigenvalue weighted by molar-refractivity contribution is -0.201. The molecule has 1 aromatic heterocycles. The third-order valence-corrected chi connectivity index (χ3v) is 4.43. The minimum atomic E-state index is -4.94. The molecule has 0 aliphatic rings. The fourth-order valence-corrected chi connectivity index (χ4v) is 2.73. The van der Waals surface area contributed by atoms with Crippen LogP contribution in [0.25, 0.3) is 16.9 Å². The van der Waals surface area contributed by atoms with Gasteiger partial charge in [0.25, 0.3) is 11.5 Å².